The fraction of sp³-hybridized carbons (Fsp3) is 0.467. The number of likely N-dealkylation sites (N-methyl/N-ethyl adjacent to an activating group) is 1. The molecule has 0 aromatic heterocycles. The standard InChI is InChI=1S/C15H18F3N3O2/c1-2-20-5-7-21(8-6-20)12(22)9-19-15(23)10-3-4-11(16)14(18)13(10)17/h3-4H,2,5-9H2,1H3,(H,19,23). The second-order valence-electron chi connectivity index (χ2n) is 5.22. The van der Waals surface area contributed by atoms with E-state index in [0.29, 0.717) is 19.2 Å². The maximum absolute atomic E-state index is 13.5. The molecule has 8 heteroatoms. The van der Waals surface area contributed by atoms with Gasteiger partial charge in [0.15, 0.2) is 17.5 Å². The minimum atomic E-state index is -1.71. The zero-order valence-corrected chi connectivity index (χ0v) is 12.7. The average molecular weight is 329 g/mol. The van der Waals surface area contributed by atoms with Gasteiger partial charge in [0.05, 0.1) is 12.1 Å². The van der Waals surface area contributed by atoms with Crippen LogP contribution in [0.5, 0.6) is 0 Å². The summed E-state index contributed by atoms with van der Waals surface area (Å²) in [6.07, 6.45) is 0. The largest absolute Gasteiger partial charge is 0.343 e. The third kappa shape index (κ3) is 4.01. The lowest BCUT2D eigenvalue weighted by Crippen LogP contribution is -2.51. The molecule has 1 heterocycles. The Balaban J connectivity index is 1.90. The number of nitrogens with one attached hydrogen (secondary N) is 1. The number of carbonyl (C=O) groups is 2. The van der Waals surface area contributed by atoms with E-state index in [4.69, 9.17) is 0 Å². The minimum Gasteiger partial charge on any atom is -0.343 e. The third-order valence-corrected chi connectivity index (χ3v) is 3.85. The van der Waals surface area contributed by atoms with Gasteiger partial charge >= 0.3 is 0 Å². The van der Waals surface area contributed by atoms with Crippen LogP contribution < -0.4 is 5.32 Å². The van der Waals surface area contributed by atoms with Gasteiger partial charge in [0.25, 0.3) is 5.91 Å². The first kappa shape index (κ1) is 17.3. The van der Waals surface area contributed by atoms with Gasteiger partial charge in [0.2, 0.25) is 5.91 Å². The number of hydrogen-bond acceptors (Lipinski definition) is 3. The van der Waals surface area contributed by atoms with Crippen molar-refractivity contribution in [2.24, 2.45) is 0 Å². The van der Waals surface area contributed by atoms with Crippen LogP contribution in [0.15, 0.2) is 12.1 Å². The van der Waals surface area contributed by atoms with Crippen LogP contribution >= 0.6 is 0 Å². The van der Waals surface area contributed by atoms with Gasteiger partial charge in [-0.15, -0.1) is 0 Å². The highest BCUT2D eigenvalue weighted by Crippen LogP contribution is 2.15. The molecular formula is C15H18F3N3O2. The highest BCUT2D eigenvalue weighted by molar-refractivity contribution is 5.96. The Labute approximate surface area is 132 Å². The molecule has 0 spiro atoms. The molecule has 0 saturated carbocycles. The number of benzene rings is 1. The van der Waals surface area contributed by atoms with E-state index in [2.05, 4.69) is 10.2 Å². The number of halogens is 3. The molecule has 1 aromatic rings. The van der Waals surface area contributed by atoms with Crippen LogP contribution in [0.2, 0.25) is 0 Å². The van der Waals surface area contributed by atoms with Gasteiger partial charge in [-0.1, -0.05) is 6.92 Å². The normalized spacial score (nSPS) is 15.6. The van der Waals surface area contributed by atoms with Crippen LogP contribution in [0.3, 0.4) is 0 Å². The number of hydrogen-bond donors (Lipinski definition) is 1. The zero-order chi connectivity index (χ0) is 17.0. The first-order valence-electron chi connectivity index (χ1n) is 7.35. The highest BCUT2D eigenvalue weighted by Gasteiger charge is 2.22. The Morgan fingerprint density at radius 3 is 2.35 bits per heavy atom. The van der Waals surface area contributed by atoms with Crippen molar-refractivity contribution < 1.29 is 22.8 Å². The molecule has 1 aromatic carbocycles. The molecule has 1 N–H and O–H groups in total. The van der Waals surface area contributed by atoms with Gasteiger partial charge in [-0.2, -0.15) is 0 Å². The lowest BCUT2D eigenvalue weighted by molar-refractivity contribution is -0.131. The molecule has 2 rings (SSSR count). The molecular weight excluding hydrogens is 311 g/mol. The van der Waals surface area contributed by atoms with Crippen LogP contribution in [-0.4, -0.2) is 60.9 Å². The maximum atomic E-state index is 13.5. The number of carbonyl (C=O) groups excluding carboxylic acids is 2. The van der Waals surface area contributed by atoms with Gasteiger partial charge in [-0.3, -0.25) is 9.59 Å². The van der Waals surface area contributed by atoms with Gasteiger partial charge in [-0.05, 0) is 18.7 Å². The summed E-state index contributed by atoms with van der Waals surface area (Å²) in [5.74, 6) is -5.89. The Morgan fingerprint density at radius 2 is 1.74 bits per heavy atom. The second-order valence-corrected chi connectivity index (χ2v) is 5.22. The van der Waals surface area contributed by atoms with Crippen molar-refractivity contribution in [1.29, 1.82) is 0 Å². The van der Waals surface area contributed by atoms with E-state index in [9.17, 15) is 22.8 Å². The predicted octanol–water partition coefficient (Wildman–Crippen LogP) is 0.998. The predicted molar refractivity (Wildman–Crippen MR) is 77.3 cm³/mol. The first-order chi connectivity index (χ1) is 10.9. The lowest BCUT2D eigenvalue weighted by Gasteiger charge is -2.34. The Morgan fingerprint density at radius 1 is 1.09 bits per heavy atom. The van der Waals surface area contributed by atoms with Crippen molar-refractivity contribution in [2.75, 3.05) is 39.3 Å². The molecule has 0 radical (unpaired) electrons. The van der Waals surface area contributed by atoms with Crippen molar-refractivity contribution in [2.45, 2.75) is 6.92 Å². The molecule has 1 saturated heterocycles. The fourth-order valence-corrected chi connectivity index (χ4v) is 2.38. The van der Waals surface area contributed by atoms with E-state index in [1.165, 1.54) is 0 Å². The van der Waals surface area contributed by atoms with Crippen molar-refractivity contribution in [3.05, 3.63) is 35.1 Å². The SMILES string of the molecule is CCN1CCN(C(=O)CNC(=O)c2ccc(F)c(F)c2F)CC1. The summed E-state index contributed by atoms with van der Waals surface area (Å²) in [6, 6.07) is 1.51. The molecule has 23 heavy (non-hydrogen) atoms. The van der Waals surface area contributed by atoms with E-state index in [0.717, 1.165) is 25.7 Å². The Kier molecular flexibility index (Phi) is 5.59. The van der Waals surface area contributed by atoms with Crippen molar-refractivity contribution in [3.63, 3.8) is 0 Å². The summed E-state index contributed by atoms with van der Waals surface area (Å²) < 4.78 is 39.4. The minimum absolute atomic E-state index is 0.294. The molecule has 0 bridgehead atoms. The number of piperazine rings is 1. The van der Waals surface area contributed by atoms with Crippen molar-refractivity contribution in [3.8, 4) is 0 Å². The smallest absolute Gasteiger partial charge is 0.254 e. The van der Waals surface area contributed by atoms with Crippen molar-refractivity contribution >= 4 is 11.8 Å². The summed E-state index contributed by atoms with van der Waals surface area (Å²) in [4.78, 5) is 27.6. The van der Waals surface area contributed by atoms with E-state index < -0.39 is 28.9 Å². The van der Waals surface area contributed by atoms with Crippen LogP contribution in [0.1, 0.15) is 17.3 Å². The topological polar surface area (TPSA) is 52.6 Å². The molecule has 1 fully saturated rings. The molecule has 126 valence electrons. The monoisotopic (exact) mass is 329 g/mol. The highest BCUT2D eigenvalue weighted by atomic mass is 19.2. The van der Waals surface area contributed by atoms with E-state index in [-0.39, 0.29) is 12.5 Å². The molecule has 0 aliphatic carbocycles. The summed E-state index contributed by atoms with van der Waals surface area (Å²) >= 11 is 0. The molecule has 2 amide bonds. The third-order valence-electron chi connectivity index (χ3n) is 3.85. The molecule has 5 nitrogen and oxygen atoms in total. The van der Waals surface area contributed by atoms with E-state index in [1.54, 1.807) is 4.90 Å². The number of nitrogens with zero attached hydrogens (tertiary/aromatic N) is 2. The van der Waals surface area contributed by atoms with Gasteiger partial charge < -0.3 is 15.1 Å². The lowest BCUT2D eigenvalue weighted by atomic mass is 10.2. The van der Waals surface area contributed by atoms with Crippen LogP contribution in [-0.2, 0) is 4.79 Å². The van der Waals surface area contributed by atoms with E-state index in [1.807, 2.05) is 6.92 Å². The number of rotatable bonds is 4. The second kappa shape index (κ2) is 7.45. The summed E-state index contributed by atoms with van der Waals surface area (Å²) in [5, 5.41) is 2.24. The van der Waals surface area contributed by atoms with Crippen LogP contribution in [0.25, 0.3) is 0 Å². The molecule has 1 aliphatic heterocycles. The average Bonchev–Trinajstić information content (AvgIpc) is 2.57. The fourth-order valence-electron chi connectivity index (χ4n) is 2.38. The number of amides is 2. The summed E-state index contributed by atoms with van der Waals surface area (Å²) in [6.45, 7) is 5.26. The summed E-state index contributed by atoms with van der Waals surface area (Å²) in [5.41, 5.74) is -0.632. The van der Waals surface area contributed by atoms with Gasteiger partial charge in [-0.25, -0.2) is 13.2 Å². The van der Waals surface area contributed by atoms with Crippen LogP contribution in [0, 0.1) is 17.5 Å². The van der Waals surface area contributed by atoms with Crippen LogP contribution in [0.4, 0.5) is 13.2 Å². The van der Waals surface area contributed by atoms with Gasteiger partial charge in [0, 0.05) is 26.2 Å². The maximum Gasteiger partial charge on any atom is 0.254 e. The zero-order valence-electron chi connectivity index (χ0n) is 12.7. The van der Waals surface area contributed by atoms with Crippen molar-refractivity contribution in [1.82, 2.24) is 15.1 Å². The molecule has 0 atom stereocenters. The van der Waals surface area contributed by atoms with E-state index >= 15 is 0 Å². The quantitative estimate of drug-likeness (QED) is 0.839. The first-order valence-corrected chi connectivity index (χ1v) is 7.35. The molecule has 1 aliphatic rings. The summed E-state index contributed by atoms with van der Waals surface area (Å²) in [7, 11) is 0. The Bertz CT molecular complexity index is 602. The van der Waals surface area contributed by atoms with Gasteiger partial charge in [0.1, 0.15) is 0 Å². The molecule has 0 unspecified atom stereocenters. The Hall–Kier alpha value is -2.09.